The molecular weight excluding hydrogens is 309 g/mol. The highest BCUT2D eigenvalue weighted by Crippen LogP contribution is 2.27. The molecule has 5 heteroatoms. The Balaban J connectivity index is 2.49. The van der Waals surface area contributed by atoms with Crippen LogP contribution in [0.2, 0.25) is 0 Å². The van der Waals surface area contributed by atoms with Crippen LogP contribution in [0.25, 0.3) is 11.4 Å². The molecule has 0 saturated heterocycles. The van der Waals surface area contributed by atoms with Crippen LogP contribution in [0, 0.1) is 11.7 Å². The number of hydrogen-bond acceptors (Lipinski definition) is 3. The van der Waals surface area contributed by atoms with Gasteiger partial charge in [-0.1, -0.05) is 29.8 Å². The van der Waals surface area contributed by atoms with Crippen LogP contribution in [0.5, 0.6) is 0 Å². The topological polar surface area (TPSA) is 51.8 Å². The number of anilines is 1. The lowest BCUT2D eigenvalue weighted by molar-refractivity contribution is 0.627. The standard InChI is InChI=1S/C14H15BrFN3/c1-8(2)5-10-7-13(17)19-14(18-10)11-6-9(16)3-4-12(11)15/h3-4,6-8H,5H2,1-2H3,(H2,17,18,19). The van der Waals surface area contributed by atoms with Gasteiger partial charge in [-0.2, -0.15) is 0 Å². The van der Waals surface area contributed by atoms with Crippen molar-refractivity contribution in [2.45, 2.75) is 20.3 Å². The van der Waals surface area contributed by atoms with E-state index in [1.165, 1.54) is 12.1 Å². The fourth-order valence-electron chi connectivity index (χ4n) is 1.83. The van der Waals surface area contributed by atoms with Gasteiger partial charge in [-0.05, 0) is 30.5 Å². The predicted octanol–water partition coefficient (Wildman–Crippen LogP) is 3.83. The largest absolute Gasteiger partial charge is 0.384 e. The summed E-state index contributed by atoms with van der Waals surface area (Å²) in [7, 11) is 0. The lowest BCUT2D eigenvalue weighted by Gasteiger charge is -2.09. The lowest BCUT2D eigenvalue weighted by Crippen LogP contribution is -2.03. The summed E-state index contributed by atoms with van der Waals surface area (Å²) in [5, 5.41) is 0. The number of hydrogen-bond donors (Lipinski definition) is 1. The third kappa shape index (κ3) is 3.50. The third-order valence-electron chi connectivity index (χ3n) is 2.59. The van der Waals surface area contributed by atoms with Gasteiger partial charge in [0.05, 0.1) is 0 Å². The second-order valence-electron chi connectivity index (χ2n) is 4.83. The molecular formula is C14H15BrFN3. The summed E-state index contributed by atoms with van der Waals surface area (Å²) in [5.41, 5.74) is 7.28. The van der Waals surface area contributed by atoms with E-state index >= 15 is 0 Å². The normalized spacial score (nSPS) is 11.0. The molecule has 0 unspecified atom stereocenters. The van der Waals surface area contributed by atoms with Crippen molar-refractivity contribution in [1.29, 1.82) is 0 Å². The van der Waals surface area contributed by atoms with Crippen LogP contribution in [0.15, 0.2) is 28.7 Å². The van der Waals surface area contributed by atoms with Crippen LogP contribution in [0.1, 0.15) is 19.5 Å². The van der Waals surface area contributed by atoms with Crippen LogP contribution in [0.4, 0.5) is 10.2 Å². The third-order valence-corrected chi connectivity index (χ3v) is 3.28. The van der Waals surface area contributed by atoms with Crippen LogP contribution in [-0.2, 0) is 6.42 Å². The second-order valence-corrected chi connectivity index (χ2v) is 5.68. The van der Waals surface area contributed by atoms with Gasteiger partial charge in [0.15, 0.2) is 5.82 Å². The molecule has 1 heterocycles. The number of aromatic nitrogens is 2. The zero-order chi connectivity index (χ0) is 14.0. The zero-order valence-electron chi connectivity index (χ0n) is 10.8. The van der Waals surface area contributed by atoms with E-state index in [2.05, 4.69) is 39.7 Å². The summed E-state index contributed by atoms with van der Waals surface area (Å²) in [6.07, 6.45) is 0.812. The Hall–Kier alpha value is -1.49. The molecule has 0 bridgehead atoms. The second kappa shape index (κ2) is 5.65. The molecule has 100 valence electrons. The molecule has 0 spiro atoms. The first kappa shape index (κ1) is 13.9. The minimum atomic E-state index is -0.324. The zero-order valence-corrected chi connectivity index (χ0v) is 12.4. The minimum Gasteiger partial charge on any atom is -0.384 e. The summed E-state index contributed by atoms with van der Waals surface area (Å²) < 4.78 is 14.1. The molecule has 0 aliphatic heterocycles. The van der Waals surface area contributed by atoms with E-state index in [-0.39, 0.29) is 5.82 Å². The Labute approximate surface area is 120 Å². The predicted molar refractivity (Wildman–Crippen MR) is 78.1 cm³/mol. The molecule has 1 aromatic carbocycles. The molecule has 3 nitrogen and oxygen atoms in total. The summed E-state index contributed by atoms with van der Waals surface area (Å²) >= 11 is 3.38. The number of halogens is 2. The van der Waals surface area contributed by atoms with Crippen molar-refractivity contribution in [3.63, 3.8) is 0 Å². The van der Waals surface area contributed by atoms with Gasteiger partial charge in [0.1, 0.15) is 11.6 Å². The van der Waals surface area contributed by atoms with Crippen molar-refractivity contribution in [2.24, 2.45) is 5.92 Å². The maximum atomic E-state index is 13.3. The molecule has 0 atom stereocenters. The van der Waals surface area contributed by atoms with Crippen molar-refractivity contribution in [3.05, 3.63) is 40.2 Å². The molecule has 0 fully saturated rings. The van der Waals surface area contributed by atoms with Gasteiger partial charge in [0.25, 0.3) is 0 Å². The number of nitrogens with zero attached hydrogens (tertiary/aromatic N) is 2. The molecule has 0 amide bonds. The van der Waals surface area contributed by atoms with Crippen molar-refractivity contribution in [1.82, 2.24) is 9.97 Å². The highest BCUT2D eigenvalue weighted by molar-refractivity contribution is 9.10. The van der Waals surface area contributed by atoms with Crippen LogP contribution in [0.3, 0.4) is 0 Å². The Kier molecular flexibility index (Phi) is 4.14. The summed E-state index contributed by atoms with van der Waals surface area (Å²) in [6.45, 7) is 4.21. The molecule has 2 rings (SSSR count). The Morgan fingerprint density at radius 3 is 2.68 bits per heavy atom. The van der Waals surface area contributed by atoms with E-state index in [0.717, 1.165) is 16.6 Å². The molecule has 2 aromatic rings. The van der Waals surface area contributed by atoms with E-state index in [1.807, 2.05) is 0 Å². The van der Waals surface area contributed by atoms with Crippen molar-refractivity contribution in [3.8, 4) is 11.4 Å². The Morgan fingerprint density at radius 2 is 2.00 bits per heavy atom. The van der Waals surface area contributed by atoms with Gasteiger partial charge < -0.3 is 5.73 Å². The molecule has 1 aromatic heterocycles. The number of nitrogens with two attached hydrogens (primary N) is 1. The van der Waals surface area contributed by atoms with Crippen molar-refractivity contribution >= 4 is 21.7 Å². The monoisotopic (exact) mass is 323 g/mol. The van der Waals surface area contributed by atoms with Gasteiger partial charge in [-0.15, -0.1) is 0 Å². The SMILES string of the molecule is CC(C)Cc1cc(N)nc(-c2cc(F)ccc2Br)n1. The molecule has 0 radical (unpaired) electrons. The number of benzene rings is 1. The van der Waals surface area contributed by atoms with Crippen LogP contribution >= 0.6 is 15.9 Å². The summed E-state index contributed by atoms with van der Waals surface area (Å²) in [4.78, 5) is 8.64. The first-order valence-corrected chi connectivity index (χ1v) is 6.84. The minimum absolute atomic E-state index is 0.324. The average Bonchev–Trinajstić information content (AvgIpc) is 2.30. The lowest BCUT2D eigenvalue weighted by atomic mass is 10.1. The van der Waals surface area contributed by atoms with Gasteiger partial charge in [-0.25, -0.2) is 14.4 Å². The number of rotatable bonds is 3. The van der Waals surface area contributed by atoms with E-state index in [0.29, 0.717) is 23.1 Å². The van der Waals surface area contributed by atoms with E-state index in [9.17, 15) is 4.39 Å². The number of nitrogen functional groups attached to an aromatic ring is 1. The molecule has 2 N–H and O–H groups in total. The van der Waals surface area contributed by atoms with E-state index in [4.69, 9.17) is 5.73 Å². The Bertz CT molecular complexity index is 599. The fourth-order valence-corrected chi connectivity index (χ4v) is 2.25. The van der Waals surface area contributed by atoms with Crippen molar-refractivity contribution < 1.29 is 4.39 Å². The van der Waals surface area contributed by atoms with Crippen LogP contribution in [-0.4, -0.2) is 9.97 Å². The summed E-state index contributed by atoms with van der Waals surface area (Å²) in [5.74, 6) is 0.992. The van der Waals surface area contributed by atoms with Crippen molar-refractivity contribution in [2.75, 3.05) is 5.73 Å². The quantitative estimate of drug-likeness (QED) is 0.934. The molecule has 19 heavy (non-hydrogen) atoms. The highest BCUT2D eigenvalue weighted by atomic mass is 79.9. The smallest absolute Gasteiger partial charge is 0.162 e. The van der Waals surface area contributed by atoms with E-state index < -0.39 is 0 Å². The van der Waals surface area contributed by atoms with Gasteiger partial charge in [0, 0.05) is 21.8 Å². The average molecular weight is 324 g/mol. The van der Waals surface area contributed by atoms with E-state index in [1.54, 1.807) is 12.1 Å². The van der Waals surface area contributed by atoms with Gasteiger partial charge in [-0.3, -0.25) is 0 Å². The van der Waals surface area contributed by atoms with Gasteiger partial charge in [0.2, 0.25) is 0 Å². The summed E-state index contributed by atoms with van der Waals surface area (Å²) in [6, 6.07) is 6.18. The van der Waals surface area contributed by atoms with Gasteiger partial charge >= 0.3 is 0 Å². The maximum Gasteiger partial charge on any atom is 0.162 e. The molecule has 0 saturated carbocycles. The molecule has 0 aliphatic carbocycles. The molecule has 0 aliphatic rings. The Morgan fingerprint density at radius 1 is 1.26 bits per heavy atom. The van der Waals surface area contributed by atoms with Crippen LogP contribution < -0.4 is 5.73 Å². The highest BCUT2D eigenvalue weighted by Gasteiger charge is 2.11. The fraction of sp³-hybridized carbons (Fsp3) is 0.286. The first-order chi connectivity index (χ1) is 8.95. The maximum absolute atomic E-state index is 13.3. The first-order valence-electron chi connectivity index (χ1n) is 6.04.